The molecule has 8 nitrogen and oxygen atoms in total. The number of pyridine rings is 1. The number of fused-ring (bicyclic) bond motifs is 1. The second-order valence-corrected chi connectivity index (χ2v) is 11.0. The summed E-state index contributed by atoms with van der Waals surface area (Å²) in [6.07, 6.45) is 7.15. The van der Waals surface area contributed by atoms with E-state index in [1.165, 1.54) is 10.2 Å². The zero-order valence-electron chi connectivity index (χ0n) is 16.6. The Bertz CT molecular complexity index is 1250. The fourth-order valence-electron chi connectivity index (χ4n) is 4.12. The van der Waals surface area contributed by atoms with Crippen molar-refractivity contribution in [2.45, 2.75) is 37.3 Å². The van der Waals surface area contributed by atoms with E-state index in [0.717, 1.165) is 12.5 Å². The van der Waals surface area contributed by atoms with Crippen molar-refractivity contribution in [3.05, 3.63) is 35.5 Å². The fraction of sp³-hybridized carbons (Fsp3) is 0.421. The quantitative estimate of drug-likeness (QED) is 0.476. The molecule has 166 valence electrons. The van der Waals surface area contributed by atoms with Gasteiger partial charge in [0.25, 0.3) is 0 Å². The topological polar surface area (TPSA) is 110 Å². The Hall–Kier alpha value is -1.95. The lowest BCUT2D eigenvalue weighted by atomic mass is 9.83. The largest absolute Gasteiger partial charge is 0.389 e. The Balaban J connectivity index is 1.63. The first-order chi connectivity index (χ1) is 14.5. The van der Waals surface area contributed by atoms with Crippen LogP contribution in [-0.2, 0) is 9.84 Å². The van der Waals surface area contributed by atoms with E-state index >= 15 is 0 Å². The van der Waals surface area contributed by atoms with Crippen LogP contribution in [0.3, 0.4) is 0 Å². The molecule has 1 aliphatic rings. The maximum Gasteiger partial charge on any atom is 0.183 e. The van der Waals surface area contributed by atoms with Crippen LogP contribution in [0.5, 0.6) is 0 Å². The number of hydrogen-bond donors (Lipinski definition) is 3. The number of rotatable bonds is 5. The smallest absolute Gasteiger partial charge is 0.183 e. The van der Waals surface area contributed by atoms with Gasteiger partial charge in [0.15, 0.2) is 23.1 Å². The first-order valence-electron chi connectivity index (χ1n) is 9.58. The number of nitrogens with zero attached hydrogens (tertiary/aromatic N) is 4. The van der Waals surface area contributed by atoms with Crippen LogP contribution < -0.4 is 5.32 Å². The van der Waals surface area contributed by atoms with Gasteiger partial charge in [0.05, 0.1) is 22.6 Å². The molecule has 0 amide bonds. The molecule has 0 spiro atoms. The molecule has 3 aromatic rings. The first-order valence-corrected chi connectivity index (χ1v) is 12.4. The van der Waals surface area contributed by atoms with Gasteiger partial charge in [0.2, 0.25) is 0 Å². The normalized spacial score (nSPS) is 22.0. The van der Waals surface area contributed by atoms with Crippen LogP contribution in [-0.4, -0.2) is 56.1 Å². The van der Waals surface area contributed by atoms with Crippen molar-refractivity contribution in [3.8, 4) is 11.4 Å². The van der Waals surface area contributed by atoms with Crippen LogP contribution in [0, 0.1) is 5.82 Å². The number of thiol groups is 1. The molecule has 0 aliphatic heterocycles. The van der Waals surface area contributed by atoms with E-state index in [9.17, 15) is 17.9 Å². The van der Waals surface area contributed by atoms with Crippen LogP contribution in [0.15, 0.2) is 24.7 Å². The molecule has 3 aromatic heterocycles. The lowest BCUT2D eigenvalue weighted by Gasteiger charge is -2.36. The number of sulfone groups is 1. The highest BCUT2D eigenvalue weighted by atomic mass is 35.5. The van der Waals surface area contributed by atoms with Crippen molar-refractivity contribution < 1.29 is 17.9 Å². The van der Waals surface area contributed by atoms with E-state index in [0.29, 0.717) is 40.9 Å². The second-order valence-electron chi connectivity index (χ2n) is 8.03. The van der Waals surface area contributed by atoms with Gasteiger partial charge < -0.3 is 10.4 Å². The van der Waals surface area contributed by atoms with Crippen molar-refractivity contribution in [3.63, 3.8) is 0 Å². The van der Waals surface area contributed by atoms with Crippen molar-refractivity contribution >= 4 is 51.1 Å². The second kappa shape index (κ2) is 8.19. The lowest BCUT2D eigenvalue weighted by molar-refractivity contribution is 0.0214. The van der Waals surface area contributed by atoms with Crippen molar-refractivity contribution in [1.82, 2.24) is 18.9 Å². The Kier molecular flexibility index (Phi) is 5.88. The average Bonchev–Trinajstić information content (AvgIpc) is 2.97. The number of aliphatic hydroxyl groups is 1. The summed E-state index contributed by atoms with van der Waals surface area (Å²) in [7, 11) is -3.36. The minimum atomic E-state index is -3.36. The molecule has 2 atom stereocenters. The first kappa shape index (κ1) is 22.3. The lowest BCUT2D eigenvalue weighted by Crippen LogP contribution is -2.45. The maximum atomic E-state index is 14.5. The molecule has 31 heavy (non-hydrogen) atoms. The van der Waals surface area contributed by atoms with E-state index in [-0.39, 0.29) is 29.9 Å². The van der Waals surface area contributed by atoms with Crippen LogP contribution in [0.1, 0.15) is 25.7 Å². The Labute approximate surface area is 189 Å². The Morgan fingerprint density at radius 1 is 1.42 bits per heavy atom. The maximum absolute atomic E-state index is 14.5. The summed E-state index contributed by atoms with van der Waals surface area (Å²) in [6.45, 7) is 0. The molecule has 0 saturated heterocycles. The van der Waals surface area contributed by atoms with Crippen molar-refractivity contribution in [2.24, 2.45) is 0 Å². The minimum absolute atomic E-state index is 0.0198. The SMILES string of the molecule is CS(=O)(=O)CC1(O)CCCC(Nc2nc(-c3cn(S)c4ncc(Cl)cc34)ncc2F)C1. The number of hydrogen-bond acceptors (Lipinski definition) is 8. The van der Waals surface area contributed by atoms with Crippen LogP contribution >= 0.6 is 24.4 Å². The van der Waals surface area contributed by atoms with Gasteiger partial charge in [-0.25, -0.2) is 27.8 Å². The summed E-state index contributed by atoms with van der Waals surface area (Å²) >= 11 is 10.4. The van der Waals surface area contributed by atoms with Gasteiger partial charge in [-0.15, -0.1) is 0 Å². The van der Waals surface area contributed by atoms with E-state index in [2.05, 4.69) is 33.1 Å². The third-order valence-corrected chi connectivity index (χ3v) is 6.84. The molecule has 1 fully saturated rings. The molecule has 1 saturated carbocycles. The summed E-state index contributed by atoms with van der Waals surface area (Å²) in [5.41, 5.74) is -0.207. The number of anilines is 1. The summed E-state index contributed by atoms with van der Waals surface area (Å²) in [5.74, 6) is -0.737. The van der Waals surface area contributed by atoms with Crippen LogP contribution in [0.2, 0.25) is 5.02 Å². The van der Waals surface area contributed by atoms with E-state index in [1.54, 1.807) is 12.3 Å². The Morgan fingerprint density at radius 2 is 2.19 bits per heavy atom. The highest BCUT2D eigenvalue weighted by Gasteiger charge is 2.37. The van der Waals surface area contributed by atoms with Gasteiger partial charge in [-0.1, -0.05) is 24.4 Å². The monoisotopic (exact) mass is 485 g/mol. The summed E-state index contributed by atoms with van der Waals surface area (Å²) in [6, 6.07) is 1.37. The van der Waals surface area contributed by atoms with Crippen molar-refractivity contribution in [1.29, 1.82) is 0 Å². The van der Waals surface area contributed by atoms with Crippen LogP contribution in [0.25, 0.3) is 22.4 Å². The average molecular weight is 486 g/mol. The molecule has 0 aromatic carbocycles. The summed E-state index contributed by atoms with van der Waals surface area (Å²) < 4.78 is 39.3. The molecule has 1 aliphatic carbocycles. The van der Waals surface area contributed by atoms with Gasteiger partial charge in [0.1, 0.15) is 9.84 Å². The Morgan fingerprint density at radius 3 is 2.94 bits per heavy atom. The van der Waals surface area contributed by atoms with E-state index in [4.69, 9.17) is 11.6 Å². The van der Waals surface area contributed by atoms with Crippen LogP contribution in [0.4, 0.5) is 10.2 Å². The minimum Gasteiger partial charge on any atom is -0.389 e. The standard InChI is InChI=1S/C19H21ClFN5O3S2/c1-31(28,29)10-19(27)4-2-3-12(6-19)24-17-15(21)8-22-16(25-17)14-9-26(30)18-13(14)5-11(20)7-23-18/h5,7-9,12,27,30H,2-4,6,10H2,1H3,(H,22,24,25). The number of aromatic nitrogens is 4. The zero-order valence-corrected chi connectivity index (χ0v) is 19.1. The number of halogens is 2. The third kappa shape index (κ3) is 4.94. The van der Waals surface area contributed by atoms with Gasteiger partial charge in [-0.2, -0.15) is 0 Å². The molecular formula is C19H21ClFN5O3S2. The summed E-state index contributed by atoms with van der Waals surface area (Å²) in [5, 5.41) is 14.8. The fourth-order valence-corrected chi connectivity index (χ4v) is 5.79. The van der Waals surface area contributed by atoms with Gasteiger partial charge in [-0.3, -0.25) is 3.97 Å². The predicted molar refractivity (Wildman–Crippen MR) is 121 cm³/mol. The van der Waals surface area contributed by atoms with E-state index < -0.39 is 21.3 Å². The molecule has 4 rings (SSSR count). The molecule has 2 unspecified atom stereocenters. The third-order valence-electron chi connectivity index (χ3n) is 5.27. The molecule has 0 radical (unpaired) electrons. The van der Waals surface area contributed by atoms with Gasteiger partial charge >= 0.3 is 0 Å². The number of nitrogens with one attached hydrogen (secondary N) is 1. The summed E-state index contributed by atoms with van der Waals surface area (Å²) in [4.78, 5) is 12.7. The van der Waals surface area contributed by atoms with Crippen molar-refractivity contribution in [2.75, 3.05) is 17.3 Å². The highest BCUT2D eigenvalue weighted by Crippen LogP contribution is 2.33. The molecule has 12 heteroatoms. The van der Waals surface area contributed by atoms with E-state index in [1.807, 2.05) is 0 Å². The van der Waals surface area contributed by atoms with Gasteiger partial charge in [-0.05, 0) is 31.7 Å². The highest BCUT2D eigenvalue weighted by molar-refractivity contribution is 7.90. The molecule has 2 N–H and O–H groups in total. The zero-order chi connectivity index (χ0) is 22.4. The molecule has 0 bridgehead atoms. The van der Waals surface area contributed by atoms with Gasteiger partial charge in [0, 0.05) is 35.6 Å². The molecule has 3 heterocycles. The molecular weight excluding hydrogens is 465 g/mol. The predicted octanol–water partition coefficient (Wildman–Crippen LogP) is 3.11.